The molecule has 0 heterocycles. The number of alkyl carbamates (subject to hydrolysis) is 1. The Hall–Kier alpha value is -2.16. The van der Waals surface area contributed by atoms with Gasteiger partial charge in [0.2, 0.25) is 0 Å². The van der Waals surface area contributed by atoms with Crippen LogP contribution in [0.4, 0.5) is 13.6 Å². The van der Waals surface area contributed by atoms with Gasteiger partial charge in [0.25, 0.3) is 11.7 Å². The van der Waals surface area contributed by atoms with Crippen molar-refractivity contribution < 1.29 is 32.6 Å². The number of halogens is 2. The second-order valence-corrected chi connectivity index (χ2v) is 4.93. The zero-order chi connectivity index (χ0) is 16.7. The lowest BCUT2D eigenvalue weighted by Gasteiger charge is -2.14. The van der Waals surface area contributed by atoms with Crippen LogP contribution in [0.25, 0.3) is 0 Å². The molecule has 1 N–H and O–H groups in total. The molecule has 22 heavy (non-hydrogen) atoms. The molecule has 6 nitrogen and oxygen atoms in total. The largest absolute Gasteiger partial charge is 0.453 e. The van der Waals surface area contributed by atoms with Gasteiger partial charge in [-0.1, -0.05) is 23.9 Å². The van der Waals surface area contributed by atoms with E-state index in [4.69, 9.17) is 4.74 Å². The molecule has 1 atom stereocenters. The molecule has 120 valence electrons. The molecule has 2 amide bonds. The van der Waals surface area contributed by atoms with Crippen molar-refractivity contribution in [2.45, 2.75) is 23.7 Å². The number of carbonyl (C=O) groups is 3. The highest BCUT2D eigenvalue weighted by Gasteiger charge is 2.23. The fourth-order valence-electron chi connectivity index (χ4n) is 1.36. The first-order valence-corrected chi connectivity index (χ1v) is 6.86. The summed E-state index contributed by atoms with van der Waals surface area (Å²) in [6, 6.07) is 5.62. The van der Waals surface area contributed by atoms with Gasteiger partial charge in [-0.15, -0.1) is 0 Å². The van der Waals surface area contributed by atoms with E-state index in [-0.39, 0.29) is 22.2 Å². The number of benzene rings is 1. The van der Waals surface area contributed by atoms with Gasteiger partial charge in [0.15, 0.2) is 6.10 Å². The molecule has 0 saturated carbocycles. The van der Waals surface area contributed by atoms with E-state index >= 15 is 0 Å². The Morgan fingerprint density at radius 2 is 1.86 bits per heavy atom. The Balaban J connectivity index is 2.76. The van der Waals surface area contributed by atoms with Gasteiger partial charge in [0.05, 0.1) is 12.7 Å². The van der Waals surface area contributed by atoms with E-state index in [0.717, 1.165) is 7.11 Å². The Bertz CT molecular complexity index is 567. The number of esters is 1. The van der Waals surface area contributed by atoms with E-state index in [1.165, 1.54) is 31.2 Å². The first kappa shape index (κ1) is 17.9. The summed E-state index contributed by atoms with van der Waals surface area (Å²) < 4.78 is 33.9. The first-order valence-electron chi connectivity index (χ1n) is 5.98. The lowest BCUT2D eigenvalue weighted by atomic mass is 10.2. The summed E-state index contributed by atoms with van der Waals surface area (Å²) >= 11 is 0.194. The number of thioether (sulfide) groups is 1. The minimum Gasteiger partial charge on any atom is -0.453 e. The maximum absolute atomic E-state index is 12.4. The highest BCUT2D eigenvalue weighted by molar-refractivity contribution is 7.99. The van der Waals surface area contributed by atoms with E-state index in [1.807, 2.05) is 5.32 Å². The molecular weight excluding hydrogens is 320 g/mol. The van der Waals surface area contributed by atoms with Gasteiger partial charge in [-0.05, 0) is 19.1 Å². The monoisotopic (exact) mass is 333 g/mol. The third kappa shape index (κ3) is 5.32. The number of amides is 2. The van der Waals surface area contributed by atoms with Crippen LogP contribution in [-0.2, 0) is 14.3 Å². The van der Waals surface area contributed by atoms with Crippen molar-refractivity contribution in [1.82, 2.24) is 5.32 Å². The van der Waals surface area contributed by atoms with E-state index in [9.17, 15) is 23.2 Å². The van der Waals surface area contributed by atoms with Crippen molar-refractivity contribution in [3.05, 3.63) is 29.8 Å². The molecule has 0 fully saturated rings. The average molecular weight is 333 g/mol. The van der Waals surface area contributed by atoms with Crippen molar-refractivity contribution in [3.63, 3.8) is 0 Å². The fraction of sp³-hybridized carbons (Fsp3) is 0.308. The summed E-state index contributed by atoms with van der Waals surface area (Å²) in [4.78, 5) is 34.4. The van der Waals surface area contributed by atoms with E-state index in [0.29, 0.717) is 0 Å². The number of methoxy groups -OCH3 is 1. The number of rotatable bonds is 5. The highest BCUT2D eigenvalue weighted by atomic mass is 32.2. The predicted octanol–water partition coefficient (Wildman–Crippen LogP) is 2.43. The van der Waals surface area contributed by atoms with Gasteiger partial charge >= 0.3 is 12.1 Å². The summed E-state index contributed by atoms with van der Waals surface area (Å²) in [5, 5.41) is 1.83. The lowest BCUT2D eigenvalue weighted by molar-refractivity contribution is -0.128. The molecule has 0 radical (unpaired) electrons. The second kappa shape index (κ2) is 8.32. The Labute approximate surface area is 129 Å². The van der Waals surface area contributed by atoms with Crippen LogP contribution < -0.4 is 5.32 Å². The molecule has 0 bridgehead atoms. The van der Waals surface area contributed by atoms with Crippen molar-refractivity contribution in [1.29, 1.82) is 0 Å². The third-order valence-corrected chi connectivity index (χ3v) is 3.17. The van der Waals surface area contributed by atoms with Crippen molar-refractivity contribution >= 4 is 29.7 Å². The van der Waals surface area contributed by atoms with Gasteiger partial charge in [-0.25, -0.2) is 9.59 Å². The highest BCUT2D eigenvalue weighted by Crippen LogP contribution is 2.28. The summed E-state index contributed by atoms with van der Waals surface area (Å²) in [5.41, 5.74) is -0.0921. The molecule has 0 aliphatic heterocycles. The Morgan fingerprint density at radius 3 is 2.45 bits per heavy atom. The van der Waals surface area contributed by atoms with E-state index < -0.39 is 29.8 Å². The number of ether oxygens (including phenoxy) is 2. The number of alkyl halides is 2. The van der Waals surface area contributed by atoms with Crippen molar-refractivity contribution in [3.8, 4) is 0 Å². The SMILES string of the molecule is COC(=O)NC(=O)[C@H](C)OC(=O)c1ccccc1SC(F)F. The molecule has 0 unspecified atom stereocenters. The molecule has 9 heteroatoms. The minimum atomic E-state index is -2.70. The standard InChI is InChI=1S/C13H13F2NO5S/c1-7(10(17)16-13(19)20-2)21-11(18)8-5-3-4-6-9(8)22-12(14)15/h3-7,12H,1-2H3,(H,16,17,19)/t7-/m0/s1. The van der Waals surface area contributed by atoms with Crippen LogP contribution >= 0.6 is 11.8 Å². The Kier molecular flexibility index (Phi) is 6.77. The Morgan fingerprint density at radius 1 is 1.23 bits per heavy atom. The van der Waals surface area contributed by atoms with Crippen LogP contribution in [0.3, 0.4) is 0 Å². The topological polar surface area (TPSA) is 81.7 Å². The summed E-state index contributed by atoms with van der Waals surface area (Å²) in [7, 11) is 1.07. The van der Waals surface area contributed by atoms with Gasteiger partial charge in [-0.3, -0.25) is 10.1 Å². The van der Waals surface area contributed by atoms with E-state index in [1.54, 1.807) is 0 Å². The molecule has 1 aromatic rings. The zero-order valence-electron chi connectivity index (χ0n) is 11.7. The molecule has 0 aliphatic rings. The van der Waals surface area contributed by atoms with Crippen LogP contribution in [0, 0.1) is 0 Å². The normalized spacial score (nSPS) is 11.7. The van der Waals surface area contributed by atoms with Gasteiger partial charge < -0.3 is 9.47 Å². The molecule has 1 rings (SSSR count). The summed E-state index contributed by atoms with van der Waals surface area (Å²) in [6.07, 6.45) is -2.29. The third-order valence-electron chi connectivity index (χ3n) is 2.39. The van der Waals surface area contributed by atoms with Crippen LogP contribution in [0.1, 0.15) is 17.3 Å². The summed E-state index contributed by atoms with van der Waals surface area (Å²) in [5.74, 6) is -4.54. The number of imide groups is 1. The molecule has 0 aromatic heterocycles. The summed E-state index contributed by atoms with van der Waals surface area (Å²) in [6.45, 7) is 1.24. The number of hydrogen-bond acceptors (Lipinski definition) is 6. The number of hydrogen-bond donors (Lipinski definition) is 1. The maximum atomic E-state index is 12.4. The van der Waals surface area contributed by atoms with Gasteiger partial charge in [-0.2, -0.15) is 8.78 Å². The van der Waals surface area contributed by atoms with E-state index in [2.05, 4.69) is 4.74 Å². The van der Waals surface area contributed by atoms with Crippen molar-refractivity contribution in [2.24, 2.45) is 0 Å². The molecule has 0 saturated heterocycles. The molecular formula is C13H13F2NO5S. The maximum Gasteiger partial charge on any atom is 0.413 e. The first-order chi connectivity index (χ1) is 10.3. The van der Waals surface area contributed by atoms with Crippen LogP contribution in [0.5, 0.6) is 0 Å². The quantitative estimate of drug-likeness (QED) is 0.658. The molecule has 1 aromatic carbocycles. The predicted molar refractivity (Wildman–Crippen MR) is 73.7 cm³/mol. The van der Waals surface area contributed by atoms with Crippen LogP contribution in [0.2, 0.25) is 0 Å². The molecule has 0 aliphatic carbocycles. The minimum absolute atomic E-state index is 0.0306. The van der Waals surface area contributed by atoms with Gasteiger partial charge in [0.1, 0.15) is 0 Å². The average Bonchev–Trinajstić information content (AvgIpc) is 2.46. The number of carbonyl (C=O) groups excluding carboxylic acids is 3. The smallest absolute Gasteiger partial charge is 0.413 e. The van der Waals surface area contributed by atoms with Gasteiger partial charge in [0, 0.05) is 4.90 Å². The number of nitrogens with one attached hydrogen (secondary N) is 1. The van der Waals surface area contributed by atoms with Crippen LogP contribution in [0.15, 0.2) is 29.2 Å². The lowest BCUT2D eigenvalue weighted by Crippen LogP contribution is -2.39. The zero-order valence-corrected chi connectivity index (χ0v) is 12.5. The van der Waals surface area contributed by atoms with Crippen LogP contribution in [-0.4, -0.2) is 36.9 Å². The fourth-order valence-corrected chi connectivity index (χ4v) is 1.99. The molecule has 0 spiro atoms. The van der Waals surface area contributed by atoms with Crippen molar-refractivity contribution in [2.75, 3.05) is 7.11 Å². The second-order valence-electron chi connectivity index (χ2n) is 3.90.